The molecule has 3 aromatic rings. The Morgan fingerprint density at radius 3 is 2.60 bits per heavy atom. The van der Waals surface area contributed by atoms with Gasteiger partial charge in [0.1, 0.15) is 5.82 Å². The molecule has 0 unspecified atom stereocenters. The fraction of sp³-hybridized carbons (Fsp3) is 0.133. The molecule has 0 aliphatic rings. The molecule has 0 fully saturated rings. The summed E-state index contributed by atoms with van der Waals surface area (Å²) >= 11 is 13.8. The minimum absolute atomic E-state index is 0.620. The van der Waals surface area contributed by atoms with Crippen LogP contribution in [0.3, 0.4) is 0 Å². The normalized spacial score (nSPS) is 10.9. The van der Waals surface area contributed by atoms with Crippen LogP contribution in [0.2, 0.25) is 10.0 Å². The lowest BCUT2D eigenvalue weighted by Gasteiger charge is -2.01. The number of halogens is 2. The van der Waals surface area contributed by atoms with Crippen LogP contribution in [-0.2, 0) is 6.42 Å². The summed E-state index contributed by atoms with van der Waals surface area (Å²) in [6.45, 7) is 2.01. The third kappa shape index (κ3) is 2.90. The molecule has 0 amide bonds. The number of nitrogens with zero attached hydrogens (tertiary/aromatic N) is 1. The van der Waals surface area contributed by atoms with Gasteiger partial charge in [0.25, 0.3) is 0 Å². The highest BCUT2D eigenvalue weighted by molar-refractivity contribution is 7.09. The molecule has 0 aliphatic carbocycles. The lowest BCUT2D eigenvalue weighted by Crippen LogP contribution is -1.87. The summed E-state index contributed by atoms with van der Waals surface area (Å²) in [5.41, 5.74) is 2.87. The van der Waals surface area contributed by atoms with Gasteiger partial charge < -0.3 is 4.98 Å². The topological polar surface area (TPSA) is 28.7 Å². The largest absolute Gasteiger partial charge is 0.345 e. The molecule has 2 aromatic heterocycles. The van der Waals surface area contributed by atoms with Gasteiger partial charge in [0, 0.05) is 32.6 Å². The van der Waals surface area contributed by atoms with Crippen molar-refractivity contribution in [3.63, 3.8) is 0 Å². The molecule has 0 bridgehead atoms. The van der Waals surface area contributed by atoms with E-state index in [0.717, 1.165) is 29.2 Å². The summed E-state index contributed by atoms with van der Waals surface area (Å²) in [5.74, 6) is 0.955. The molecule has 2 nitrogen and oxygen atoms in total. The standard InChI is InChI=1S/C15H12Cl2N2S/c1-9-15(10-5-11(16)7-12(17)6-10)19-14(18-9)8-13-3-2-4-20-13/h2-7H,8H2,1H3,(H,18,19). The lowest BCUT2D eigenvalue weighted by molar-refractivity contribution is 1.03. The van der Waals surface area contributed by atoms with Gasteiger partial charge in [-0.05, 0) is 36.6 Å². The molecule has 1 N–H and O–H groups in total. The smallest absolute Gasteiger partial charge is 0.112 e. The van der Waals surface area contributed by atoms with E-state index in [-0.39, 0.29) is 0 Å². The van der Waals surface area contributed by atoms with Crippen molar-refractivity contribution in [2.45, 2.75) is 13.3 Å². The van der Waals surface area contributed by atoms with Gasteiger partial charge in [-0.2, -0.15) is 0 Å². The van der Waals surface area contributed by atoms with Crippen LogP contribution in [0.4, 0.5) is 0 Å². The summed E-state index contributed by atoms with van der Waals surface area (Å²) in [7, 11) is 0. The van der Waals surface area contributed by atoms with Crippen LogP contribution in [0.5, 0.6) is 0 Å². The first-order valence-electron chi connectivity index (χ1n) is 6.16. The zero-order chi connectivity index (χ0) is 14.1. The number of hydrogen-bond acceptors (Lipinski definition) is 2. The second-order valence-corrected chi connectivity index (χ2v) is 6.48. The Balaban J connectivity index is 1.96. The van der Waals surface area contributed by atoms with E-state index in [4.69, 9.17) is 23.2 Å². The van der Waals surface area contributed by atoms with Crippen LogP contribution in [0, 0.1) is 6.92 Å². The van der Waals surface area contributed by atoms with Crippen molar-refractivity contribution in [2.75, 3.05) is 0 Å². The van der Waals surface area contributed by atoms with Crippen molar-refractivity contribution in [1.82, 2.24) is 9.97 Å². The molecule has 0 aliphatic heterocycles. The Morgan fingerprint density at radius 1 is 1.20 bits per heavy atom. The Hall–Kier alpha value is -1.29. The van der Waals surface area contributed by atoms with Crippen LogP contribution in [0.1, 0.15) is 16.4 Å². The highest BCUT2D eigenvalue weighted by Gasteiger charge is 2.11. The van der Waals surface area contributed by atoms with Crippen LogP contribution in [0.25, 0.3) is 11.3 Å². The van der Waals surface area contributed by atoms with Crippen LogP contribution in [0.15, 0.2) is 35.7 Å². The van der Waals surface area contributed by atoms with Gasteiger partial charge in [0.2, 0.25) is 0 Å². The zero-order valence-corrected chi connectivity index (χ0v) is 13.1. The SMILES string of the molecule is Cc1[nH]c(Cc2cccs2)nc1-c1cc(Cl)cc(Cl)c1. The molecule has 2 heterocycles. The average molecular weight is 323 g/mol. The highest BCUT2D eigenvalue weighted by atomic mass is 35.5. The Bertz CT molecular complexity index is 712. The van der Waals surface area contributed by atoms with Gasteiger partial charge in [0.05, 0.1) is 5.69 Å². The number of H-pyrrole nitrogens is 1. The number of hydrogen-bond donors (Lipinski definition) is 1. The quantitative estimate of drug-likeness (QED) is 0.692. The van der Waals surface area contributed by atoms with E-state index in [0.29, 0.717) is 10.0 Å². The number of aromatic amines is 1. The number of thiophene rings is 1. The van der Waals surface area contributed by atoms with Crippen molar-refractivity contribution in [3.05, 3.63) is 62.2 Å². The van der Waals surface area contributed by atoms with Gasteiger partial charge in [-0.3, -0.25) is 0 Å². The molecule has 102 valence electrons. The number of nitrogens with one attached hydrogen (secondary N) is 1. The highest BCUT2D eigenvalue weighted by Crippen LogP contribution is 2.28. The summed E-state index contributed by atoms with van der Waals surface area (Å²) in [6, 6.07) is 9.64. The maximum Gasteiger partial charge on any atom is 0.112 e. The number of benzene rings is 1. The van der Waals surface area contributed by atoms with Gasteiger partial charge in [-0.1, -0.05) is 29.3 Å². The molecule has 3 rings (SSSR count). The lowest BCUT2D eigenvalue weighted by atomic mass is 10.1. The first-order valence-corrected chi connectivity index (χ1v) is 7.80. The minimum atomic E-state index is 0.620. The monoisotopic (exact) mass is 322 g/mol. The molecule has 1 aromatic carbocycles. The average Bonchev–Trinajstić information content (AvgIpc) is 2.98. The number of rotatable bonds is 3. The minimum Gasteiger partial charge on any atom is -0.345 e. The number of imidazole rings is 1. The zero-order valence-electron chi connectivity index (χ0n) is 10.8. The van der Waals surface area contributed by atoms with E-state index in [1.807, 2.05) is 25.1 Å². The van der Waals surface area contributed by atoms with E-state index in [1.54, 1.807) is 17.4 Å². The summed E-state index contributed by atoms with van der Waals surface area (Å²) in [4.78, 5) is 9.29. The van der Waals surface area contributed by atoms with Crippen molar-refractivity contribution in [3.8, 4) is 11.3 Å². The fourth-order valence-corrected chi connectivity index (χ4v) is 3.39. The number of aryl methyl sites for hydroxylation is 1. The second-order valence-electron chi connectivity index (χ2n) is 4.57. The van der Waals surface area contributed by atoms with Crippen molar-refractivity contribution in [2.24, 2.45) is 0 Å². The fourth-order valence-electron chi connectivity index (χ4n) is 2.16. The van der Waals surface area contributed by atoms with Crippen molar-refractivity contribution >= 4 is 34.5 Å². The molecule has 0 saturated heterocycles. The second kappa shape index (κ2) is 5.60. The van der Waals surface area contributed by atoms with Crippen molar-refractivity contribution in [1.29, 1.82) is 0 Å². The van der Waals surface area contributed by atoms with Gasteiger partial charge in [0.15, 0.2) is 0 Å². The molecule has 0 atom stereocenters. The van der Waals surface area contributed by atoms with Crippen LogP contribution < -0.4 is 0 Å². The van der Waals surface area contributed by atoms with Crippen LogP contribution >= 0.6 is 34.5 Å². The van der Waals surface area contributed by atoms with Gasteiger partial charge in [-0.15, -0.1) is 11.3 Å². The first kappa shape index (κ1) is 13.7. The molecule has 20 heavy (non-hydrogen) atoms. The van der Waals surface area contributed by atoms with Gasteiger partial charge in [-0.25, -0.2) is 4.98 Å². The first-order chi connectivity index (χ1) is 9.61. The molecular weight excluding hydrogens is 311 g/mol. The van der Waals surface area contributed by atoms with Crippen molar-refractivity contribution < 1.29 is 0 Å². The molecule has 0 spiro atoms. The predicted molar refractivity (Wildman–Crippen MR) is 85.9 cm³/mol. The van der Waals surface area contributed by atoms with Crippen LogP contribution in [-0.4, -0.2) is 9.97 Å². The van der Waals surface area contributed by atoms with E-state index < -0.39 is 0 Å². The van der Waals surface area contributed by atoms with E-state index in [2.05, 4.69) is 21.4 Å². The van der Waals surface area contributed by atoms with E-state index in [1.165, 1.54) is 4.88 Å². The maximum atomic E-state index is 6.05. The predicted octanol–water partition coefficient (Wildman–Crippen LogP) is 5.34. The third-order valence-corrected chi connectivity index (χ3v) is 4.30. The Kier molecular flexibility index (Phi) is 3.83. The molecule has 5 heteroatoms. The van der Waals surface area contributed by atoms with Gasteiger partial charge >= 0.3 is 0 Å². The Morgan fingerprint density at radius 2 is 1.95 bits per heavy atom. The summed E-state index contributed by atoms with van der Waals surface area (Å²) < 4.78 is 0. The van der Waals surface area contributed by atoms with E-state index >= 15 is 0 Å². The summed E-state index contributed by atoms with van der Waals surface area (Å²) in [6.07, 6.45) is 0.812. The Labute approximate surface area is 131 Å². The van der Waals surface area contributed by atoms with E-state index in [9.17, 15) is 0 Å². The number of aromatic nitrogens is 2. The molecular formula is C15H12Cl2N2S. The maximum absolute atomic E-state index is 6.05. The molecule has 0 saturated carbocycles. The summed E-state index contributed by atoms with van der Waals surface area (Å²) in [5, 5.41) is 3.31. The molecule has 0 radical (unpaired) electrons. The third-order valence-electron chi connectivity index (χ3n) is 2.99.